The molecular weight excluding hydrogens is 298 g/mol. The molecule has 0 bridgehead atoms. The van der Waals surface area contributed by atoms with Gasteiger partial charge < -0.3 is 5.73 Å². The average Bonchev–Trinajstić information content (AvgIpc) is 2.41. The third kappa shape index (κ3) is 3.09. The number of anilines is 1. The number of nitrogens with one attached hydrogen (secondary N) is 1. The molecule has 0 aliphatic carbocycles. The van der Waals surface area contributed by atoms with E-state index in [0.29, 0.717) is 16.3 Å². The third-order valence-corrected chi connectivity index (χ3v) is 4.54. The summed E-state index contributed by atoms with van der Waals surface area (Å²) < 4.78 is 27.2. The van der Waals surface area contributed by atoms with Crippen LogP contribution in [0.3, 0.4) is 0 Å². The molecule has 2 rings (SSSR count). The van der Waals surface area contributed by atoms with Gasteiger partial charge in [0, 0.05) is 24.0 Å². The summed E-state index contributed by atoms with van der Waals surface area (Å²) in [5.41, 5.74) is 7.35. The van der Waals surface area contributed by atoms with Crippen LogP contribution in [0.1, 0.15) is 11.1 Å². The lowest BCUT2D eigenvalue weighted by Gasteiger charge is -2.11. The SMILES string of the molecule is Cc1cnccc1NS(=O)(=O)c1ccc(Cl)c(CN)c1. The molecule has 0 saturated heterocycles. The molecule has 1 aromatic heterocycles. The van der Waals surface area contributed by atoms with E-state index in [2.05, 4.69) is 9.71 Å². The Hall–Kier alpha value is -1.63. The van der Waals surface area contributed by atoms with E-state index in [0.717, 1.165) is 5.56 Å². The number of nitrogens with zero attached hydrogens (tertiary/aromatic N) is 1. The van der Waals surface area contributed by atoms with Gasteiger partial charge in [0.25, 0.3) is 10.0 Å². The van der Waals surface area contributed by atoms with Gasteiger partial charge in [-0.25, -0.2) is 8.42 Å². The van der Waals surface area contributed by atoms with Crippen molar-refractivity contribution in [2.45, 2.75) is 18.4 Å². The Labute approximate surface area is 122 Å². The molecule has 106 valence electrons. The number of hydrogen-bond acceptors (Lipinski definition) is 4. The number of pyridine rings is 1. The molecule has 1 heterocycles. The number of rotatable bonds is 4. The normalized spacial score (nSPS) is 11.3. The number of sulfonamides is 1. The molecule has 0 atom stereocenters. The fourth-order valence-corrected chi connectivity index (χ4v) is 3.04. The second kappa shape index (κ2) is 5.78. The summed E-state index contributed by atoms with van der Waals surface area (Å²) >= 11 is 5.93. The van der Waals surface area contributed by atoms with Crippen LogP contribution in [0, 0.1) is 6.92 Å². The molecule has 0 aliphatic heterocycles. The topological polar surface area (TPSA) is 85.1 Å². The highest BCUT2D eigenvalue weighted by atomic mass is 35.5. The Morgan fingerprint density at radius 2 is 2.10 bits per heavy atom. The van der Waals surface area contributed by atoms with E-state index < -0.39 is 10.0 Å². The van der Waals surface area contributed by atoms with Gasteiger partial charge >= 0.3 is 0 Å². The molecule has 3 N–H and O–H groups in total. The summed E-state index contributed by atoms with van der Waals surface area (Å²) in [5.74, 6) is 0. The Balaban J connectivity index is 2.38. The highest BCUT2D eigenvalue weighted by Gasteiger charge is 2.16. The molecule has 5 nitrogen and oxygen atoms in total. The fraction of sp³-hybridized carbons (Fsp3) is 0.154. The zero-order chi connectivity index (χ0) is 14.8. The minimum atomic E-state index is -3.68. The standard InChI is InChI=1S/C13H14ClN3O2S/c1-9-8-16-5-4-13(9)17-20(18,19)11-2-3-12(14)10(6-11)7-15/h2-6,8H,7,15H2,1H3,(H,16,17). The van der Waals surface area contributed by atoms with E-state index in [1.54, 1.807) is 19.2 Å². The van der Waals surface area contributed by atoms with Crippen molar-refractivity contribution in [2.24, 2.45) is 5.73 Å². The molecule has 2 aromatic rings. The molecule has 0 saturated carbocycles. The molecule has 1 aromatic carbocycles. The molecule has 0 radical (unpaired) electrons. The number of aryl methyl sites for hydroxylation is 1. The van der Waals surface area contributed by atoms with Gasteiger partial charge in [0.15, 0.2) is 0 Å². The summed E-state index contributed by atoms with van der Waals surface area (Å²) in [5, 5.41) is 0.451. The summed E-state index contributed by atoms with van der Waals surface area (Å²) in [6.07, 6.45) is 3.11. The minimum absolute atomic E-state index is 0.124. The van der Waals surface area contributed by atoms with Gasteiger partial charge in [0.05, 0.1) is 10.6 Å². The van der Waals surface area contributed by atoms with Crippen molar-refractivity contribution in [1.29, 1.82) is 0 Å². The second-order valence-electron chi connectivity index (χ2n) is 4.25. The number of benzene rings is 1. The number of nitrogens with two attached hydrogens (primary N) is 1. The Morgan fingerprint density at radius 1 is 1.35 bits per heavy atom. The quantitative estimate of drug-likeness (QED) is 0.907. The Kier molecular flexibility index (Phi) is 4.27. The van der Waals surface area contributed by atoms with Gasteiger partial charge in [-0.2, -0.15) is 0 Å². The van der Waals surface area contributed by atoms with Crippen LogP contribution < -0.4 is 10.5 Å². The van der Waals surface area contributed by atoms with E-state index in [4.69, 9.17) is 17.3 Å². The van der Waals surface area contributed by atoms with Crippen LogP contribution in [0.2, 0.25) is 5.02 Å². The van der Waals surface area contributed by atoms with E-state index >= 15 is 0 Å². The molecule has 0 fully saturated rings. The van der Waals surface area contributed by atoms with E-state index in [-0.39, 0.29) is 11.4 Å². The predicted octanol–water partition coefficient (Wildman–Crippen LogP) is 2.30. The molecule has 7 heteroatoms. The monoisotopic (exact) mass is 311 g/mol. The van der Waals surface area contributed by atoms with Gasteiger partial charge in [0.2, 0.25) is 0 Å². The molecule has 0 spiro atoms. The van der Waals surface area contributed by atoms with E-state index in [1.165, 1.54) is 24.4 Å². The lowest BCUT2D eigenvalue weighted by Crippen LogP contribution is -2.14. The van der Waals surface area contributed by atoms with Gasteiger partial charge in [-0.1, -0.05) is 11.6 Å². The summed E-state index contributed by atoms with van der Waals surface area (Å²) in [6, 6.07) is 6.05. The maximum absolute atomic E-state index is 12.3. The first kappa shape index (κ1) is 14.8. The van der Waals surface area contributed by atoms with Crippen molar-refractivity contribution in [3.05, 3.63) is 52.8 Å². The van der Waals surface area contributed by atoms with Crippen molar-refractivity contribution in [3.63, 3.8) is 0 Å². The number of halogens is 1. The molecule has 20 heavy (non-hydrogen) atoms. The Morgan fingerprint density at radius 3 is 2.75 bits per heavy atom. The summed E-state index contributed by atoms with van der Waals surface area (Å²) in [4.78, 5) is 4.04. The first-order chi connectivity index (χ1) is 9.44. The highest BCUT2D eigenvalue weighted by molar-refractivity contribution is 7.92. The van der Waals surface area contributed by atoms with E-state index in [9.17, 15) is 8.42 Å². The first-order valence-corrected chi connectivity index (χ1v) is 7.72. The number of hydrogen-bond donors (Lipinski definition) is 2. The van der Waals surface area contributed by atoms with Crippen LogP contribution in [0.4, 0.5) is 5.69 Å². The fourth-order valence-electron chi connectivity index (χ4n) is 1.67. The smallest absolute Gasteiger partial charge is 0.261 e. The lowest BCUT2D eigenvalue weighted by atomic mass is 10.2. The molecule has 0 amide bonds. The zero-order valence-electron chi connectivity index (χ0n) is 10.8. The van der Waals surface area contributed by atoms with Crippen LogP contribution in [0.25, 0.3) is 0 Å². The first-order valence-electron chi connectivity index (χ1n) is 5.86. The van der Waals surface area contributed by atoms with Gasteiger partial charge in [-0.3, -0.25) is 9.71 Å². The van der Waals surface area contributed by atoms with Crippen molar-refractivity contribution < 1.29 is 8.42 Å². The Bertz CT molecular complexity index is 732. The van der Waals surface area contributed by atoms with E-state index in [1.807, 2.05) is 0 Å². The number of aromatic nitrogens is 1. The lowest BCUT2D eigenvalue weighted by molar-refractivity contribution is 0.601. The maximum Gasteiger partial charge on any atom is 0.261 e. The molecule has 0 aliphatic rings. The molecular formula is C13H14ClN3O2S. The van der Waals surface area contributed by atoms with Crippen LogP contribution in [0.5, 0.6) is 0 Å². The maximum atomic E-state index is 12.3. The van der Waals surface area contributed by atoms with Gasteiger partial charge in [0.1, 0.15) is 0 Å². The van der Waals surface area contributed by atoms with Crippen LogP contribution in [-0.4, -0.2) is 13.4 Å². The third-order valence-electron chi connectivity index (χ3n) is 2.81. The molecule has 0 unspecified atom stereocenters. The summed E-state index contributed by atoms with van der Waals surface area (Å²) in [7, 11) is -3.68. The van der Waals surface area contributed by atoms with Gasteiger partial charge in [-0.05, 0) is 42.3 Å². The zero-order valence-corrected chi connectivity index (χ0v) is 12.4. The van der Waals surface area contributed by atoms with Crippen molar-refractivity contribution in [1.82, 2.24) is 4.98 Å². The largest absolute Gasteiger partial charge is 0.326 e. The predicted molar refractivity (Wildman–Crippen MR) is 79.1 cm³/mol. The second-order valence-corrected chi connectivity index (χ2v) is 6.34. The van der Waals surface area contributed by atoms with Gasteiger partial charge in [-0.15, -0.1) is 0 Å². The van der Waals surface area contributed by atoms with Crippen molar-refractivity contribution in [2.75, 3.05) is 4.72 Å². The van der Waals surface area contributed by atoms with Crippen LogP contribution >= 0.6 is 11.6 Å². The van der Waals surface area contributed by atoms with Crippen LogP contribution in [-0.2, 0) is 16.6 Å². The minimum Gasteiger partial charge on any atom is -0.326 e. The summed E-state index contributed by atoms with van der Waals surface area (Å²) in [6.45, 7) is 1.95. The highest BCUT2D eigenvalue weighted by Crippen LogP contribution is 2.23. The van der Waals surface area contributed by atoms with Crippen LogP contribution in [0.15, 0.2) is 41.6 Å². The van der Waals surface area contributed by atoms with Crippen molar-refractivity contribution in [3.8, 4) is 0 Å². The van der Waals surface area contributed by atoms with Crippen molar-refractivity contribution >= 4 is 27.3 Å². The average molecular weight is 312 g/mol.